The molecule has 2 bridgehead atoms. The molecule has 2 aliphatic heterocycles. The lowest BCUT2D eigenvalue weighted by Crippen LogP contribution is -2.46. The Morgan fingerprint density at radius 2 is 2.12 bits per heavy atom. The van der Waals surface area contributed by atoms with Crippen LogP contribution in [0, 0.1) is 5.41 Å². The zero-order valence-electron chi connectivity index (χ0n) is 5.57. The summed E-state index contributed by atoms with van der Waals surface area (Å²) in [6.45, 7) is 4.72. The van der Waals surface area contributed by atoms with E-state index < -0.39 is 0 Å². The Bertz CT molecular complexity index is 112. The largest absolute Gasteiger partial charge is 0.311 e. The first-order valence-electron chi connectivity index (χ1n) is 3.44. The molecule has 0 amide bonds. The summed E-state index contributed by atoms with van der Waals surface area (Å²) in [6.07, 6.45) is 2.84. The number of hydrogen-bond donors (Lipinski definition) is 1. The fourth-order valence-corrected chi connectivity index (χ4v) is 2.01. The number of fused-ring (bicyclic) bond motifs is 1. The molecule has 0 aromatic carbocycles. The van der Waals surface area contributed by atoms with E-state index in [1.54, 1.807) is 0 Å². The first-order valence-corrected chi connectivity index (χ1v) is 3.44. The molecule has 46 valence electrons. The molecule has 3 rings (SSSR count). The molecule has 2 unspecified atom stereocenters. The van der Waals surface area contributed by atoms with Crippen LogP contribution in [0.4, 0.5) is 0 Å². The van der Waals surface area contributed by atoms with E-state index in [0.717, 1.165) is 12.1 Å². The van der Waals surface area contributed by atoms with Gasteiger partial charge in [-0.05, 0) is 18.3 Å². The van der Waals surface area contributed by atoms with Crippen LogP contribution in [-0.4, -0.2) is 12.1 Å². The van der Waals surface area contributed by atoms with Crippen molar-refractivity contribution in [1.29, 1.82) is 0 Å². The summed E-state index contributed by atoms with van der Waals surface area (Å²) in [7, 11) is 0. The Kier molecular flexibility index (Phi) is 0.663. The Morgan fingerprint density at radius 3 is 2.25 bits per heavy atom. The third-order valence-electron chi connectivity index (χ3n) is 2.67. The van der Waals surface area contributed by atoms with Crippen LogP contribution in [0.1, 0.15) is 26.7 Å². The summed E-state index contributed by atoms with van der Waals surface area (Å²) in [5, 5.41) is 3.51. The van der Waals surface area contributed by atoms with E-state index in [1.165, 1.54) is 12.8 Å². The van der Waals surface area contributed by atoms with Gasteiger partial charge >= 0.3 is 0 Å². The van der Waals surface area contributed by atoms with Gasteiger partial charge in [0.05, 0.1) is 0 Å². The van der Waals surface area contributed by atoms with Crippen molar-refractivity contribution in [2.45, 2.75) is 38.8 Å². The van der Waals surface area contributed by atoms with Gasteiger partial charge in [0, 0.05) is 12.1 Å². The van der Waals surface area contributed by atoms with E-state index >= 15 is 0 Å². The number of rotatable bonds is 0. The first kappa shape index (κ1) is 4.80. The zero-order valence-corrected chi connectivity index (χ0v) is 5.57. The minimum Gasteiger partial charge on any atom is -0.311 e. The Labute approximate surface area is 50.5 Å². The fourth-order valence-electron chi connectivity index (χ4n) is 2.01. The molecular weight excluding hydrogens is 98.1 g/mol. The normalized spacial score (nSPS) is 48.8. The van der Waals surface area contributed by atoms with E-state index in [0.29, 0.717) is 5.41 Å². The molecule has 8 heavy (non-hydrogen) atoms. The average Bonchev–Trinajstić information content (AvgIpc) is 1.82. The summed E-state index contributed by atoms with van der Waals surface area (Å²) in [5.74, 6) is 0. The summed E-state index contributed by atoms with van der Waals surface area (Å²) in [5.41, 5.74) is 0.616. The lowest BCUT2D eigenvalue weighted by Gasteiger charge is -2.30. The molecular formula is C7H13N. The van der Waals surface area contributed by atoms with Crippen molar-refractivity contribution < 1.29 is 0 Å². The highest BCUT2D eigenvalue weighted by atomic mass is 15.1. The van der Waals surface area contributed by atoms with Crippen LogP contribution < -0.4 is 5.32 Å². The Balaban J connectivity index is 2.20. The van der Waals surface area contributed by atoms with Gasteiger partial charge in [0.1, 0.15) is 0 Å². The molecule has 3 fully saturated rings. The second-order valence-electron chi connectivity index (χ2n) is 3.84. The van der Waals surface area contributed by atoms with Crippen LogP contribution in [-0.2, 0) is 0 Å². The molecule has 0 aromatic heterocycles. The predicted molar refractivity (Wildman–Crippen MR) is 33.7 cm³/mol. The van der Waals surface area contributed by atoms with Gasteiger partial charge in [-0.2, -0.15) is 0 Å². The molecule has 2 heterocycles. The summed E-state index contributed by atoms with van der Waals surface area (Å²) >= 11 is 0. The van der Waals surface area contributed by atoms with Gasteiger partial charge in [0.25, 0.3) is 0 Å². The third-order valence-corrected chi connectivity index (χ3v) is 2.67. The molecule has 2 saturated heterocycles. The molecule has 2 atom stereocenters. The van der Waals surface area contributed by atoms with Crippen LogP contribution >= 0.6 is 0 Å². The fraction of sp³-hybridized carbons (Fsp3) is 1.00. The maximum absolute atomic E-state index is 3.51. The van der Waals surface area contributed by atoms with E-state index in [2.05, 4.69) is 19.2 Å². The number of hydrogen-bond acceptors (Lipinski definition) is 1. The molecule has 0 spiro atoms. The SMILES string of the molecule is CC1(C)CC2CC1N2. The van der Waals surface area contributed by atoms with Crippen LogP contribution in [0.2, 0.25) is 0 Å². The van der Waals surface area contributed by atoms with Gasteiger partial charge in [-0.1, -0.05) is 13.8 Å². The van der Waals surface area contributed by atoms with Crippen molar-refractivity contribution in [1.82, 2.24) is 5.32 Å². The Morgan fingerprint density at radius 1 is 1.50 bits per heavy atom. The lowest BCUT2D eigenvalue weighted by molar-refractivity contribution is 0.282. The van der Waals surface area contributed by atoms with Gasteiger partial charge in [0.2, 0.25) is 0 Å². The molecule has 1 aliphatic carbocycles. The van der Waals surface area contributed by atoms with Crippen molar-refractivity contribution in [3.63, 3.8) is 0 Å². The van der Waals surface area contributed by atoms with Gasteiger partial charge in [0.15, 0.2) is 0 Å². The van der Waals surface area contributed by atoms with Crippen LogP contribution in [0.5, 0.6) is 0 Å². The Hall–Kier alpha value is -0.0400. The molecule has 0 radical (unpaired) electrons. The number of nitrogens with one attached hydrogen (secondary N) is 1. The van der Waals surface area contributed by atoms with E-state index in [-0.39, 0.29) is 0 Å². The van der Waals surface area contributed by atoms with Gasteiger partial charge < -0.3 is 5.32 Å². The van der Waals surface area contributed by atoms with Crippen molar-refractivity contribution in [2.24, 2.45) is 5.41 Å². The highest BCUT2D eigenvalue weighted by Crippen LogP contribution is 2.44. The van der Waals surface area contributed by atoms with Gasteiger partial charge in [-0.25, -0.2) is 0 Å². The van der Waals surface area contributed by atoms with Gasteiger partial charge in [-0.3, -0.25) is 0 Å². The average molecular weight is 111 g/mol. The molecule has 1 heteroatoms. The lowest BCUT2D eigenvalue weighted by atomic mass is 9.89. The van der Waals surface area contributed by atoms with Gasteiger partial charge in [-0.15, -0.1) is 0 Å². The van der Waals surface area contributed by atoms with E-state index in [1.807, 2.05) is 0 Å². The molecule has 3 aliphatic rings. The maximum Gasteiger partial charge on any atom is 0.0136 e. The third kappa shape index (κ3) is 0.408. The highest BCUT2D eigenvalue weighted by molar-refractivity contribution is 5.07. The van der Waals surface area contributed by atoms with Crippen molar-refractivity contribution in [3.8, 4) is 0 Å². The second kappa shape index (κ2) is 1.10. The standard InChI is InChI=1S/C7H13N/c1-7(2)4-5-3-6(7)8-5/h5-6,8H,3-4H2,1-2H3. The minimum atomic E-state index is 0.616. The summed E-state index contributed by atoms with van der Waals surface area (Å²) in [6, 6.07) is 1.74. The minimum absolute atomic E-state index is 0.616. The highest BCUT2D eigenvalue weighted by Gasteiger charge is 2.48. The van der Waals surface area contributed by atoms with Crippen molar-refractivity contribution in [3.05, 3.63) is 0 Å². The first-order chi connectivity index (χ1) is 3.68. The second-order valence-corrected chi connectivity index (χ2v) is 3.84. The van der Waals surface area contributed by atoms with E-state index in [4.69, 9.17) is 0 Å². The summed E-state index contributed by atoms with van der Waals surface area (Å²) < 4.78 is 0. The van der Waals surface area contributed by atoms with Crippen LogP contribution in [0.3, 0.4) is 0 Å². The molecule has 1 N–H and O–H groups in total. The zero-order chi connectivity index (χ0) is 5.78. The predicted octanol–water partition coefficient (Wildman–Crippen LogP) is 1.15. The van der Waals surface area contributed by atoms with Crippen LogP contribution in [0.15, 0.2) is 0 Å². The van der Waals surface area contributed by atoms with Crippen molar-refractivity contribution >= 4 is 0 Å². The van der Waals surface area contributed by atoms with E-state index in [9.17, 15) is 0 Å². The topological polar surface area (TPSA) is 12.0 Å². The summed E-state index contributed by atoms with van der Waals surface area (Å²) in [4.78, 5) is 0. The quantitative estimate of drug-likeness (QED) is 0.494. The molecule has 0 aromatic rings. The monoisotopic (exact) mass is 111 g/mol. The molecule has 1 nitrogen and oxygen atoms in total. The smallest absolute Gasteiger partial charge is 0.0136 e. The van der Waals surface area contributed by atoms with Crippen LogP contribution in [0.25, 0.3) is 0 Å². The van der Waals surface area contributed by atoms with Crippen molar-refractivity contribution in [2.75, 3.05) is 0 Å². The maximum atomic E-state index is 3.51. The molecule has 1 saturated carbocycles.